The van der Waals surface area contributed by atoms with E-state index in [1.54, 1.807) is 23.3 Å². The van der Waals surface area contributed by atoms with Crippen molar-refractivity contribution in [3.05, 3.63) is 47.1 Å². The van der Waals surface area contributed by atoms with Crippen LogP contribution in [0.3, 0.4) is 0 Å². The number of nitrogens with zero attached hydrogens (tertiary/aromatic N) is 3. The molecule has 114 valence electrons. The van der Waals surface area contributed by atoms with Crippen molar-refractivity contribution in [1.82, 2.24) is 9.99 Å². The molecule has 1 N–H and O–H groups in total. The number of carbonyl (C=O) groups is 1. The Hall–Kier alpha value is -2.39. The van der Waals surface area contributed by atoms with Gasteiger partial charge in [0.15, 0.2) is 5.01 Å². The SMILES string of the molecule is CC(C)(C)CN(Nc1cnc(C#N)s1)C(=O)c1ccccc1. The van der Waals surface area contributed by atoms with Gasteiger partial charge in [-0.1, -0.05) is 50.3 Å². The lowest BCUT2D eigenvalue weighted by molar-refractivity contribution is 0.0744. The van der Waals surface area contributed by atoms with Gasteiger partial charge in [-0.3, -0.25) is 15.2 Å². The number of hydrogen-bond donors (Lipinski definition) is 1. The van der Waals surface area contributed by atoms with E-state index in [9.17, 15) is 4.79 Å². The van der Waals surface area contributed by atoms with Crippen LogP contribution in [0.5, 0.6) is 0 Å². The van der Waals surface area contributed by atoms with Gasteiger partial charge in [0.05, 0.1) is 6.20 Å². The molecule has 0 radical (unpaired) electrons. The Morgan fingerprint density at radius 3 is 2.59 bits per heavy atom. The number of rotatable bonds is 4. The highest BCUT2D eigenvalue weighted by molar-refractivity contribution is 7.16. The highest BCUT2D eigenvalue weighted by Crippen LogP contribution is 2.22. The predicted molar refractivity (Wildman–Crippen MR) is 87.4 cm³/mol. The molecule has 0 bridgehead atoms. The predicted octanol–water partition coefficient (Wildman–Crippen LogP) is 3.53. The van der Waals surface area contributed by atoms with E-state index in [4.69, 9.17) is 5.26 Å². The van der Waals surface area contributed by atoms with Crippen molar-refractivity contribution in [2.24, 2.45) is 5.41 Å². The molecule has 0 spiro atoms. The smallest absolute Gasteiger partial charge is 0.272 e. The fourth-order valence-corrected chi connectivity index (χ4v) is 2.50. The van der Waals surface area contributed by atoms with Gasteiger partial charge in [-0.2, -0.15) is 5.26 Å². The molecule has 0 saturated carbocycles. The fraction of sp³-hybridized carbons (Fsp3) is 0.312. The first-order valence-electron chi connectivity index (χ1n) is 6.88. The maximum absolute atomic E-state index is 12.7. The van der Waals surface area contributed by atoms with Crippen LogP contribution >= 0.6 is 11.3 Å². The Labute approximate surface area is 134 Å². The standard InChI is InChI=1S/C16H18N4OS/c1-16(2,3)11-20(15(21)12-7-5-4-6-8-12)19-14-10-18-13(9-17)22-14/h4-8,10,19H,11H2,1-3H3. The van der Waals surface area contributed by atoms with Crippen molar-refractivity contribution in [2.45, 2.75) is 20.8 Å². The Kier molecular flexibility index (Phi) is 4.78. The summed E-state index contributed by atoms with van der Waals surface area (Å²) in [6.07, 6.45) is 1.57. The average Bonchev–Trinajstić information content (AvgIpc) is 2.93. The first kappa shape index (κ1) is 16.0. The quantitative estimate of drug-likeness (QED) is 0.877. The second-order valence-electron chi connectivity index (χ2n) is 6.07. The van der Waals surface area contributed by atoms with Crippen LogP contribution in [0.4, 0.5) is 5.00 Å². The van der Waals surface area contributed by atoms with E-state index in [2.05, 4.69) is 31.2 Å². The summed E-state index contributed by atoms with van der Waals surface area (Å²) in [6.45, 7) is 6.72. The molecule has 2 aromatic rings. The van der Waals surface area contributed by atoms with Crippen molar-refractivity contribution in [2.75, 3.05) is 12.0 Å². The van der Waals surface area contributed by atoms with Crippen LogP contribution in [0.15, 0.2) is 36.5 Å². The molecule has 1 aromatic heterocycles. The summed E-state index contributed by atoms with van der Waals surface area (Å²) < 4.78 is 0. The topological polar surface area (TPSA) is 69.0 Å². The van der Waals surface area contributed by atoms with Gasteiger partial charge in [-0.25, -0.2) is 4.98 Å². The summed E-state index contributed by atoms with van der Waals surface area (Å²) in [5.74, 6) is -0.109. The van der Waals surface area contributed by atoms with E-state index in [-0.39, 0.29) is 11.3 Å². The van der Waals surface area contributed by atoms with Gasteiger partial charge < -0.3 is 0 Å². The number of hydrogen-bond acceptors (Lipinski definition) is 5. The molecule has 0 aliphatic carbocycles. The molecule has 1 heterocycles. The van der Waals surface area contributed by atoms with Crippen LogP contribution < -0.4 is 5.43 Å². The van der Waals surface area contributed by atoms with Gasteiger partial charge in [0.1, 0.15) is 11.1 Å². The second kappa shape index (κ2) is 6.58. The third-order valence-electron chi connectivity index (χ3n) is 2.74. The largest absolute Gasteiger partial charge is 0.285 e. The molecule has 0 unspecified atom stereocenters. The van der Waals surface area contributed by atoms with E-state index in [0.29, 0.717) is 22.1 Å². The lowest BCUT2D eigenvalue weighted by atomic mass is 9.96. The molecule has 0 aliphatic rings. The molecule has 0 atom stereocenters. The number of thiazole rings is 1. The van der Waals surface area contributed by atoms with Crippen LogP contribution in [0.25, 0.3) is 0 Å². The molecule has 5 nitrogen and oxygen atoms in total. The highest BCUT2D eigenvalue weighted by Gasteiger charge is 2.23. The third-order valence-corrected chi connectivity index (χ3v) is 3.55. The maximum atomic E-state index is 12.7. The molecule has 22 heavy (non-hydrogen) atoms. The van der Waals surface area contributed by atoms with E-state index < -0.39 is 0 Å². The summed E-state index contributed by atoms with van der Waals surface area (Å²) in [5, 5.41) is 11.5. The minimum absolute atomic E-state index is 0.0693. The van der Waals surface area contributed by atoms with Crippen LogP contribution in [0, 0.1) is 16.7 Å². The summed E-state index contributed by atoms with van der Waals surface area (Å²) in [4.78, 5) is 16.7. The third kappa shape index (κ3) is 4.30. The number of benzene rings is 1. The van der Waals surface area contributed by atoms with Crippen LogP contribution in [-0.2, 0) is 0 Å². The van der Waals surface area contributed by atoms with Crippen LogP contribution in [0.1, 0.15) is 36.1 Å². The lowest BCUT2D eigenvalue weighted by Gasteiger charge is -2.30. The molecular weight excluding hydrogens is 296 g/mol. The molecular formula is C16H18N4OS. The minimum atomic E-state index is -0.109. The Morgan fingerprint density at radius 1 is 1.36 bits per heavy atom. The first-order valence-corrected chi connectivity index (χ1v) is 7.70. The van der Waals surface area contributed by atoms with Crippen molar-refractivity contribution >= 4 is 22.2 Å². The Morgan fingerprint density at radius 2 is 2.05 bits per heavy atom. The van der Waals surface area contributed by atoms with Gasteiger partial charge in [0.25, 0.3) is 5.91 Å². The maximum Gasteiger partial charge on any atom is 0.272 e. The number of amides is 1. The van der Waals surface area contributed by atoms with E-state index in [1.165, 1.54) is 11.3 Å². The van der Waals surface area contributed by atoms with Crippen molar-refractivity contribution in [1.29, 1.82) is 5.26 Å². The monoisotopic (exact) mass is 314 g/mol. The number of nitriles is 1. The van der Waals surface area contributed by atoms with Gasteiger partial charge in [-0.15, -0.1) is 0 Å². The molecule has 2 rings (SSSR count). The van der Waals surface area contributed by atoms with Crippen molar-refractivity contribution < 1.29 is 4.79 Å². The summed E-state index contributed by atoms with van der Waals surface area (Å²) in [7, 11) is 0. The first-order chi connectivity index (χ1) is 10.4. The van der Waals surface area contributed by atoms with Gasteiger partial charge in [0.2, 0.25) is 0 Å². The Bertz CT molecular complexity index is 682. The normalized spacial score (nSPS) is 10.8. The van der Waals surface area contributed by atoms with Gasteiger partial charge in [-0.05, 0) is 17.5 Å². The fourth-order valence-electron chi connectivity index (χ4n) is 1.88. The highest BCUT2D eigenvalue weighted by atomic mass is 32.1. The summed E-state index contributed by atoms with van der Waals surface area (Å²) >= 11 is 1.22. The number of aromatic nitrogens is 1. The summed E-state index contributed by atoms with van der Waals surface area (Å²) in [5.41, 5.74) is 3.62. The van der Waals surface area contributed by atoms with Crippen LogP contribution in [0.2, 0.25) is 0 Å². The zero-order valence-electron chi connectivity index (χ0n) is 12.8. The number of carbonyl (C=O) groups excluding carboxylic acids is 1. The minimum Gasteiger partial charge on any atom is -0.285 e. The lowest BCUT2D eigenvalue weighted by Crippen LogP contribution is -2.41. The van der Waals surface area contributed by atoms with Crippen LogP contribution in [-0.4, -0.2) is 22.4 Å². The molecule has 0 saturated heterocycles. The van der Waals surface area contributed by atoms with Gasteiger partial charge in [0, 0.05) is 12.1 Å². The molecule has 6 heteroatoms. The van der Waals surface area contributed by atoms with Gasteiger partial charge >= 0.3 is 0 Å². The van der Waals surface area contributed by atoms with Crippen molar-refractivity contribution in [3.63, 3.8) is 0 Å². The van der Waals surface area contributed by atoms with E-state index in [1.807, 2.05) is 24.3 Å². The number of nitrogens with one attached hydrogen (secondary N) is 1. The zero-order valence-corrected chi connectivity index (χ0v) is 13.6. The second-order valence-corrected chi connectivity index (χ2v) is 7.10. The van der Waals surface area contributed by atoms with Crippen molar-refractivity contribution in [3.8, 4) is 6.07 Å². The number of anilines is 1. The van der Waals surface area contributed by atoms with E-state index in [0.717, 1.165) is 0 Å². The Balaban J connectivity index is 2.23. The molecule has 0 fully saturated rings. The average molecular weight is 314 g/mol. The summed E-state index contributed by atoms with van der Waals surface area (Å²) in [6, 6.07) is 11.1. The number of hydrazine groups is 1. The molecule has 1 aromatic carbocycles. The molecule has 1 amide bonds. The molecule has 0 aliphatic heterocycles. The van der Waals surface area contributed by atoms with E-state index >= 15 is 0 Å². The zero-order chi connectivity index (χ0) is 16.2.